The van der Waals surface area contributed by atoms with Crippen LogP contribution in [0.1, 0.15) is 50.6 Å². The maximum Gasteiger partial charge on any atom is 0.168 e. The summed E-state index contributed by atoms with van der Waals surface area (Å²) in [6.07, 6.45) is 8.53. The zero-order valence-corrected chi connectivity index (χ0v) is 13.4. The van der Waals surface area contributed by atoms with Crippen LogP contribution in [0, 0.1) is 5.92 Å². The number of hydrogen-bond acceptors (Lipinski definition) is 5. The van der Waals surface area contributed by atoms with Crippen LogP contribution in [0.15, 0.2) is 18.3 Å². The molecule has 0 unspecified atom stereocenters. The van der Waals surface area contributed by atoms with Crippen LogP contribution in [0.4, 0.5) is 5.69 Å². The number of anilines is 1. The van der Waals surface area contributed by atoms with Crippen molar-refractivity contribution in [2.24, 2.45) is 5.92 Å². The van der Waals surface area contributed by atoms with E-state index in [1.54, 1.807) is 0 Å². The summed E-state index contributed by atoms with van der Waals surface area (Å²) in [5, 5.41) is 14.6. The first-order valence-electron chi connectivity index (χ1n) is 8.84. The SMILES string of the molecule is OC1(c2ccc(NC34CC(C3)C4)cn2)CCC2(CC1)OCCO2. The minimum Gasteiger partial charge on any atom is -0.384 e. The molecule has 0 amide bonds. The maximum atomic E-state index is 11.0. The molecule has 4 aliphatic carbocycles. The molecule has 5 aliphatic rings. The molecule has 0 atom stereocenters. The Labute approximate surface area is 136 Å². The van der Waals surface area contributed by atoms with E-state index in [1.165, 1.54) is 19.3 Å². The lowest BCUT2D eigenvalue weighted by Gasteiger charge is -2.62. The smallest absolute Gasteiger partial charge is 0.168 e. The van der Waals surface area contributed by atoms with Gasteiger partial charge in [0.25, 0.3) is 0 Å². The molecule has 1 saturated heterocycles. The molecular formula is C18H24N2O3. The van der Waals surface area contributed by atoms with E-state index in [9.17, 15) is 5.11 Å². The van der Waals surface area contributed by atoms with Crippen molar-refractivity contribution < 1.29 is 14.6 Å². The van der Waals surface area contributed by atoms with Crippen molar-refractivity contribution in [3.8, 4) is 0 Å². The summed E-state index contributed by atoms with van der Waals surface area (Å²) in [5.74, 6) is 0.516. The quantitative estimate of drug-likeness (QED) is 0.897. The highest BCUT2D eigenvalue weighted by Gasteiger charge is 2.56. The van der Waals surface area contributed by atoms with Gasteiger partial charge in [-0.15, -0.1) is 0 Å². The van der Waals surface area contributed by atoms with Crippen LogP contribution in [0.3, 0.4) is 0 Å². The van der Waals surface area contributed by atoms with Gasteiger partial charge in [-0.25, -0.2) is 0 Å². The van der Waals surface area contributed by atoms with E-state index in [0.717, 1.165) is 30.1 Å². The van der Waals surface area contributed by atoms with E-state index in [2.05, 4.69) is 16.4 Å². The number of nitrogens with zero attached hydrogens (tertiary/aromatic N) is 1. The highest BCUT2D eigenvalue weighted by molar-refractivity contribution is 5.47. The summed E-state index contributed by atoms with van der Waals surface area (Å²) in [6, 6.07) is 4.04. The van der Waals surface area contributed by atoms with Gasteiger partial charge < -0.3 is 19.9 Å². The first kappa shape index (κ1) is 14.2. The summed E-state index contributed by atoms with van der Waals surface area (Å²) < 4.78 is 11.5. The standard InChI is InChI=1S/C18H24N2O3/c21-17(3-5-18(6-4-17)22-7-8-23-18)15-2-1-14(12-19-15)20-16-9-13(10-16)11-16/h1-2,12-13,20-21H,3-11H2. The molecule has 5 nitrogen and oxygen atoms in total. The third-order valence-electron chi connectivity index (χ3n) is 6.34. The molecule has 2 heterocycles. The van der Waals surface area contributed by atoms with Crippen molar-refractivity contribution in [2.75, 3.05) is 18.5 Å². The number of rotatable bonds is 3. The molecular weight excluding hydrogens is 292 g/mol. The van der Waals surface area contributed by atoms with E-state index < -0.39 is 11.4 Å². The molecule has 2 bridgehead atoms. The van der Waals surface area contributed by atoms with Gasteiger partial charge in [0, 0.05) is 18.4 Å². The monoisotopic (exact) mass is 316 g/mol. The first-order chi connectivity index (χ1) is 11.1. The zero-order chi connectivity index (χ0) is 15.5. The maximum absolute atomic E-state index is 11.0. The first-order valence-corrected chi connectivity index (χ1v) is 8.84. The average Bonchev–Trinajstić information content (AvgIpc) is 2.95. The summed E-state index contributed by atoms with van der Waals surface area (Å²) >= 11 is 0. The lowest BCUT2D eigenvalue weighted by molar-refractivity contribution is -0.204. The Morgan fingerprint density at radius 1 is 1.04 bits per heavy atom. The Hall–Kier alpha value is -1.17. The predicted molar refractivity (Wildman–Crippen MR) is 84.9 cm³/mol. The zero-order valence-electron chi connectivity index (χ0n) is 13.4. The van der Waals surface area contributed by atoms with Crippen molar-refractivity contribution in [2.45, 2.75) is 61.9 Å². The van der Waals surface area contributed by atoms with Gasteiger partial charge in [0.15, 0.2) is 5.79 Å². The third kappa shape index (κ3) is 2.21. The molecule has 1 aromatic rings. The number of nitrogens with one attached hydrogen (secondary N) is 1. The Kier molecular flexibility index (Phi) is 2.89. The molecule has 2 N–H and O–H groups in total. The van der Waals surface area contributed by atoms with E-state index >= 15 is 0 Å². The largest absolute Gasteiger partial charge is 0.384 e. The minimum atomic E-state index is -0.852. The molecule has 23 heavy (non-hydrogen) atoms. The van der Waals surface area contributed by atoms with Crippen molar-refractivity contribution in [1.82, 2.24) is 4.98 Å². The molecule has 0 aromatic carbocycles. The van der Waals surface area contributed by atoms with Crippen LogP contribution in [-0.4, -0.2) is 34.6 Å². The molecule has 5 heteroatoms. The number of hydrogen-bond donors (Lipinski definition) is 2. The van der Waals surface area contributed by atoms with E-state index in [-0.39, 0.29) is 0 Å². The van der Waals surface area contributed by atoms with Gasteiger partial charge in [-0.1, -0.05) is 0 Å². The highest BCUT2D eigenvalue weighted by Crippen LogP contribution is 2.58. The topological polar surface area (TPSA) is 63.6 Å². The number of ether oxygens (including phenoxy) is 2. The fourth-order valence-electron chi connectivity index (χ4n) is 4.77. The molecule has 1 aliphatic heterocycles. The Morgan fingerprint density at radius 2 is 1.74 bits per heavy atom. The second-order valence-corrected chi connectivity index (χ2v) is 7.96. The van der Waals surface area contributed by atoms with Gasteiger partial charge in [-0.05, 0) is 50.2 Å². The van der Waals surface area contributed by atoms with Crippen LogP contribution in [-0.2, 0) is 15.1 Å². The third-order valence-corrected chi connectivity index (χ3v) is 6.34. The second-order valence-electron chi connectivity index (χ2n) is 7.96. The summed E-state index contributed by atoms with van der Waals surface area (Å²) in [7, 11) is 0. The van der Waals surface area contributed by atoms with Gasteiger partial charge in [0.1, 0.15) is 5.60 Å². The van der Waals surface area contributed by atoms with Crippen molar-refractivity contribution in [1.29, 1.82) is 0 Å². The van der Waals surface area contributed by atoms with Crippen LogP contribution in [0.5, 0.6) is 0 Å². The number of pyridine rings is 1. The lowest BCUT2D eigenvalue weighted by atomic mass is 9.50. The van der Waals surface area contributed by atoms with E-state index in [0.29, 0.717) is 31.6 Å². The summed E-state index contributed by atoms with van der Waals surface area (Å²) in [6.45, 7) is 1.33. The Balaban J connectivity index is 1.27. The van der Waals surface area contributed by atoms with Gasteiger partial charge in [0.05, 0.1) is 30.8 Å². The summed E-state index contributed by atoms with van der Waals surface area (Å²) in [5.41, 5.74) is 1.35. The molecule has 1 aromatic heterocycles. The van der Waals surface area contributed by atoms with Gasteiger partial charge in [-0.2, -0.15) is 0 Å². The molecule has 124 valence electrons. The number of aromatic nitrogens is 1. The van der Waals surface area contributed by atoms with Crippen molar-refractivity contribution in [3.05, 3.63) is 24.0 Å². The second kappa shape index (κ2) is 4.68. The minimum absolute atomic E-state index is 0.360. The van der Waals surface area contributed by atoms with E-state index in [4.69, 9.17) is 9.47 Å². The van der Waals surface area contributed by atoms with Gasteiger partial charge >= 0.3 is 0 Å². The Morgan fingerprint density at radius 3 is 2.26 bits per heavy atom. The molecule has 1 spiro atoms. The fourth-order valence-corrected chi connectivity index (χ4v) is 4.77. The van der Waals surface area contributed by atoms with E-state index in [1.807, 2.05) is 12.3 Å². The molecule has 5 fully saturated rings. The Bertz CT molecular complexity index is 582. The average molecular weight is 316 g/mol. The predicted octanol–water partition coefficient (Wildman–Crippen LogP) is 2.55. The number of aliphatic hydroxyl groups is 1. The summed E-state index contributed by atoms with van der Waals surface area (Å²) in [4.78, 5) is 4.55. The van der Waals surface area contributed by atoms with Crippen LogP contribution in [0.2, 0.25) is 0 Å². The fraction of sp³-hybridized carbons (Fsp3) is 0.722. The van der Waals surface area contributed by atoms with Gasteiger partial charge in [0.2, 0.25) is 0 Å². The van der Waals surface area contributed by atoms with Gasteiger partial charge in [-0.3, -0.25) is 4.98 Å². The van der Waals surface area contributed by atoms with Crippen molar-refractivity contribution >= 4 is 5.69 Å². The van der Waals surface area contributed by atoms with Crippen LogP contribution >= 0.6 is 0 Å². The normalized spacial score (nSPS) is 36.3. The highest BCUT2D eigenvalue weighted by atomic mass is 16.7. The van der Waals surface area contributed by atoms with Crippen molar-refractivity contribution in [3.63, 3.8) is 0 Å². The molecule has 4 saturated carbocycles. The van der Waals surface area contributed by atoms with Crippen LogP contribution in [0.25, 0.3) is 0 Å². The van der Waals surface area contributed by atoms with Crippen LogP contribution < -0.4 is 5.32 Å². The lowest BCUT2D eigenvalue weighted by Crippen LogP contribution is -2.63. The molecule has 0 radical (unpaired) electrons. The molecule has 6 rings (SSSR count).